The molecule has 0 aliphatic heterocycles. The second-order valence-electron chi connectivity index (χ2n) is 6.42. The summed E-state index contributed by atoms with van der Waals surface area (Å²) in [5.41, 5.74) is 1.40. The molecule has 0 fully saturated rings. The highest BCUT2D eigenvalue weighted by Gasteiger charge is 2.20. The van der Waals surface area contributed by atoms with Gasteiger partial charge in [-0.25, -0.2) is 0 Å². The fourth-order valence-electron chi connectivity index (χ4n) is 2.19. The Morgan fingerprint density at radius 1 is 1.22 bits per heavy atom. The molecule has 1 amide bonds. The van der Waals surface area contributed by atoms with Gasteiger partial charge < -0.3 is 14.0 Å². The van der Waals surface area contributed by atoms with Crippen LogP contribution in [0.4, 0.5) is 5.88 Å². The Balaban J connectivity index is 2.26. The highest BCUT2D eigenvalue weighted by Crippen LogP contribution is 2.35. The van der Waals surface area contributed by atoms with E-state index in [9.17, 15) is 4.79 Å². The Bertz CT molecular complexity index is 686. The van der Waals surface area contributed by atoms with Crippen LogP contribution in [-0.4, -0.2) is 25.3 Å². The first-order valence-electron chi connectivity index (χ1n) is 7.31. The lowest BCUT2D eigenvalue weighted by Gasteiger charge is -2.16. The molecule has 6 heteroatoms. The van der Waals surface area contributed by atoms with Crippen LogP contribution < -0.4 is 14.8 Å². The number of benzene rings is 1. The molecule has 1 N–H and O–H groups in total. The van der Waals surface area contributed by atoms with Crippen LogP contribution in [0, 0.1) is 5.41 Å². The van der Waals surface area contributed by atoms with Crippen LogP contribution in [0.25, 0.3) is 11.1 Å². The van der Waals surface area contributed by atoms with Gasteiger partial charge in [-0.2, -0.15) is 0 Å². The van der Waals surface area contributed by atoms with Gasteiger partial charge in [0.2, 0.25) is 11.8 Å². The van der Waals surface area contributed by atoms with E-state index >= 15 is 0 Å². The Morgan fingerprint density at radius 2 is 1.91 bits per heavy atom. The highest BCUT2D eigenvalue weighted by molar-refractivity contribution is 5.93. The van der Waals surface area contributed by atoms with Gasteiger partial charge in [0.15, 0.2) is 11.5 Å². The van der Waals surface area contributed by atoms with Crippen molar-refractivity contribution >= 4 is 11.8 Å². The minimum absolute atomic E-state index is 0.104. The first-order valence-corrected chi connectivity index (χ1v) is 7.31. The summed E-state index contributed by atoms with van der Waals surface area (Å²) < 4.78 is 15.7. The summed E-state index contributed by atoms with van der Waals surface area (Å²) in [6, 6.07) is 5.46. The number of carbonyl (C=O) groups is 1. The van der Waals surface area contributed by atoms with Gasteiger partial charge in [-0.15, -0.1) is 0 Å². The fraction of sp³-hybridized carbons (Fsp3) is 0.412. The summed E-state index contributed by atoms with van der Waals surface area (Å²) in [5, 5.41) is 6.56. The van der Waals surface area contributed by atoms with Crippen molar-refractivity contribution in [2.45, 2.75) is 27.2 Å². The molecule has 6 nitrogen and oxygen atoms in total. The molecule has 2 aromatic rings. The van der Waals surface area contributed by atoms with E-state index < -0.39 is 0 Å². The standard InChI is InChI=1S/C17H22N2O4/c1-17(2,3)9-15(20)19-16-12(10-18-23-16)11-6-7-13(21-4)14(8-11)22-5/h6-8,10H,9H2,1-5H3,(H,19,20). The molecule has 23 heavy (non-hydrogen) atoms. The number of hydrogen-bond acceptors (Lipinski definition) is 5. The molecule has 0 aliphatic carbocycles. The van der Waals surface area contributed by atoms with Crippen molar-refractivity contribution in [1.29, 1.82) is 0 Å². The van der Waals surface area contributed by atoms with Crippen LogP contribution in [-0.2, 0) is 4.79 Å². The zero-order chi connectivity index (χ0) is 17.0. The third-order valence-corrected chi connectivity index (χ3v) is 3.21. The van der Waals surface area contributed by atoms with Crippen molar-refractivity contribution in [3.8, 4) is 22.6 Å². The van der Waals surface area contributed by atoms with Crippen molar-refractivity contribution in [3.63, 3.8) is 0 Å². The summed E-state index contributed by atoms with van der Waals surface area (Å²) in [6.45, 7) is 6.01. The van der Waals surface area contributed by atoms with Gasteiger partial charge in [-0.1, -0.05) is 32.0 Å². The molecule has 0 saturated carbocycles. The van der Waals surface area contributed by atoms with E-state index in [2.05, 4.69) is 10.5 Å². The van der Waals surface area contributed by atoms with E-state index in [1.807, 2.05) is 32.9 Å². The molecule has 0 aliphatic rings. The van der Waals surface area contributed by atoms with Gasteiger partial charge in [0, 0.05) is 6.42 Å². The lowest BCUT2D eigenvalue weighted by atomic mass is 9.92. The number of methoxy groups -OCH3 is 2. The van der Waals surface area contributed by atoms with Crippen LogP contribution in [0.15, 0.2) is 28.9 Å². The van der Waals surface area contributed by atoms with E-state index in [4.69, 9.17) is 14.0 Å². The molecule has 1 heterocycles. The van der Waals surface area contributed by atoms with E-state index in [-0.39, 0.29) is 11.3 Å². The monoisotopic (exact) mass is 318 g/mol. The number of amides is 1. The highest BCUT2D eigenvalue weighted by atomic mass is 16.5. The largest absolute Gasteiger partial charge is 0.493 e. The molecule has 1 aromatic carbocycles. The average molecular weight is 318 g/mol. The van der Waals surface area contributed by atoms with Crippen LogP contribution in [0.2, 0.25) is 0 Å². The van der Waals surface area contributed by atoms with Crippen molar-refractivity contribution < 1.29 is 18.8 Å². The molecule has 0 unspecified atom stereocenters. The SMILES string of the molecule is COc1ccc(-c2cnoc2NC(=O)CC(C)(C)C)cc1OC. The molecule has 0 saturated heterocycles. The minimum atomic E-state index is -0.115. The Labute approximate surface area is 135 Å². The molecule has 0 spiro atoms. The third-order valence-electron chi connectivity index (χ3n) is 3.21. The molecule has 2 rings (SSSR count). The zero-order valence-corrected chi connectivity index (χ0v) is 14.1. The van der Waals surface area contributed by atoms with Gasteiger partial charge >= 0.3 is 0 Å². The molecule has 0 radical (unpaired) electrons. The molecule has 0 atom stereocenters. The number of rotatable bonds is 5. The molecule has 1 aromatic heterocycles. The maximum atomic E-state index is 12.1. The smallest absolute Gasteiger partial charge is 0.239 e. The Hall–Kier alpha value is -2.50. The number of carbonyl (C=O) groups excluding carboxylic acids is 1. The predicted octanol–water partition coefficient (Wildman–Crippen LogP) is 3.73. The molecular formula is C17H22N2O4. The van der Waals surface area contributed by atoms with Gasteiger partial charge in [-0.3, -0.25) is 10.1 Å². The van der Waals surface area contributed by atoms with Crippen LogP contribution in [0.1, 0.15) is 27.2 Å². The normalized spacial score (nSPS) is 11.2. The van der Waals surface area contributed by atoms with Gasteiger partial charge in [-0.05, 0) is 23.1 Å². The number of ether oxygens (including phenoxy) is 2. The van der Waals surface area contributed by atoms with E-state index in [1.165, 1.54) is 0 Å². The van der Waals surface area contributed by atoms with E-state index in [1.54, 1.807) is 26.5 Å². The summed E-state index contributed by atoms with van der Waals surface area (Å²) in [7, 11) is 3.15. The van der Waals surface area contributed by atoms with Crippen LogP contribution in [0.3, 0.4) is 0 Å². The first kappa shape index (κ1) is 16.9. The predicted molar refractivity (Wildman–Crippen MR) is 87.7 cm³/mol. The van der Waals surface area contributed by atoms with E-state index in [0.717, 1.165) is 5.56 Å². The second-order valence-corrected chi connectivity index (χ2v) is 6.42. The average Bonchev–Trinajstić information content (AvgIpc) is 2.92. The summed E-state index contributed by atoms with van der Waals surface area (Å²) in [4.78, 5) is 12.1. The van der Waals surface area contributed by atoms with Crippen molar-refractivity contribution in [1.82, 2.24) is 5.16 Å². The van der Waals surface area contributed by atoms with Gasteiger partial charge in [0.1, 0.15) is 0 Å². The molecule has 124 valence electrons. The lowest BCUT2D eigenvalue weighted by molar-refractivity contribution is -0.117. The molecule has 0 bridgehead atoms. The quantitative estimate of drug-likeness (QED) is 0.909. The molecular weight excluding hydrogens is 296 g/mol. The zero-order valence-electron chi connectivity index (χ0n) is 14.1. The van der Waals surface area contributed by atoms with Gasteiger partial charge in [0.05, 0.1) is 26.0 Å². The van der Waals surface area contributed by atoms with Gasteiger partial charge in [0.25, 0.3) is 0 Å². The Kier molecular flexibility index (Phi) is 4.93. The second kappa shape index (κ2) is 6.73. The van der Waals surface area contributed by atoms with E-state index in [0.29, 0.717) is 29.4 Å². The number of aromatic nitrogens is 1. The van der Waals surface area contributed by atoms with Crippen molar-refractivity contribution in [2.24, 2.45) is 5.41 Å². The number of anilines is 1. The third kappa shape index (κ3) is 4.25. The first-order chi connectivity index (χ1) is 10.8. The van der Waals surface area contributed by atoms with Crippen LogP contribution >= 0.6 is 0 Å². The van der Waals surface area contributed by atoms with Crippen LogP contribution in [0.5, 0.6) is 11.5 Å². The summed E-state index contributed by atoms with van der Waals surface area (Å²) >= 11 is 0. The van der Waals surface area contributed by atoms with Crippen molar-refractivity contribution in [2.75, 3.05) is 19.5 Å². The number of nitrogens with one attached hydrogen (secondary N) is 1. The maximum Gasteiger partial charge on any atom is 0.239 e. The maximum absolute atomic E-state index is 12.1. The fourth-order valence-corrected chi connectivity index (χ4v) is 2.19. The summed E-state index contributed by atoms with van der Waals surface area (Å²) in [6.07, 6.45) is 1.95. The number of nitrogens with zero attached hydrogens (tertiary/aromatic N) is 1. The van der Waals surface area contributed by atoms with Crippen molar-refractivity contribution in [3.05, 3.63) is 24.4 Å². The minimum Gasteiger partial charge on any atom is -0.493 e. The number of hydrogen-bond donors (Lipinski definition) is 1. The topological polar surface area (TPSA) is 73.6 Å². The summed E-state index contributed by atoms with van der Waals surface area (Å²) in [5.74, 6) is 1.44. The lowest BCUT2D eigenvalue weighted by Crippen LogP contribution is -2.19. The Morgan fingerprint density at radius 3 is 2.52 bits per heavy atom.